The van der Waals surface area contributed by atoms with Crippen molar-refractivity contribution < 1.29 is 19.0 Å². The monoisotopic (exact) mass is 418 g/mol. The zero-order chi connectivity index (χ0) is 20.6. The van der Waals surface area contributed by atoms with Gasteiger partial charge in [-0.05, 0) is 56.0 Å². The number of carbonyl (C=O) groups excluding carboxylic acids is 1. The largest absolute Gasteiger partial charge is 0.490 e. The Balaban J connectivity index is 1.41. The average molecular weight is 419 g/mol. The number of nitrogens with one attached hydrogen (secondary N) is 1. The molecule has 0 bridgehead atoms. The zero-order valence-electron chi connectivity index (χ0n) is 16.3. The van der Waals surface area contributed by atoms with Crippen LogP contribution in [0.15, 0.2) is 30.3 Å². The van der Waals surface area contributed by atoms with E-state index < -0.39 is 11.4 Å². The lowest BCUT2D eigenvalue weighted by Crippen LogP contribution is -2.48. The Labute approximate surface area is 174 Å². The highest BCUT2D eigenvalue weighted by Gasteiger charge is 2.34. The normalized spacial score (nSPS) is 18.2. The molecule has 0 aromatic heterocycles. The highest BCUT2D eigenvalue weighted by molar-refractivity contribution is 6.33. The van der Waals surface area contributed by atoms with Crippen LogP contribution < -0.4 is 15.0 Å². The number of piperidine rings is 1. The fourth-order valence-electron chi connectivity index (χ4n) is 3.95. The second-order valence-electron chi connectivity index (χ2n) is 7.90. The lowest BCUT2D eigenvalue weighted by atomic mass is 9.92. The molecule has 2 N–H and O–H groups in total. The Hall–Kier alpha value is -2.31. The molecule has 29 heavy (non-hydrogen) atoms. The lowest BCUT2D eigenvalue weighted by Gasteiger charge is -2.39. The van der Waals surface area contributed by atoms with Crippen LogP contribution in [-0.2, 0) is 11.2 Å². The molecular formula is C22H24ClFN2O3. The summed E-state index contributed by atoms with van der Waals surface area (Å²) in [5.41, 5.74) is 1.96. The Bertz CT molecular complexity index is 942. The van der Waals surface area contributed by atoms with Crippen molar-refractivity contribution in [2.75, 3.05) is 29.9 Å². The first-order valence-electron chi connectivity index (χ1n) is 9.82. The summed E-state index contributed by atoms with van der Waals surface area (Å²) in [5, 5.41) is 14.3. The van der Waals surface area contributed by atoms with E-state index in [1.807, 2.05) is 25.1 Å². The zero-order valence-corrected chi connectivity index (χ0v) is 17.1. The summed E-state index contributed by atoms with van der Waals surface area (Å²) < 4.78 is 19.9. The Morgan fingerprint density at radius 1 is 1.24 bits per heavy atom. The average Bonchev–Trinajstić information content (AvgIpc) is 2.69. The van der Waals surface area contributed by atoms with E-state index in [1.165, 1.54) is 6.07 Å². The highest BCUT2D eigenvalue weighted by atomic mass is 35.5. The lowest BCUT2D eigenvalue weighted by molar-refractivity contribution is -0.116. The molecule has 2 aromatic rings. The number of halogens is 2. The highest BCUT2D eigenvalue weighted by Crippen LogP contribution is 2.36. The first kappa shape index (κ1) is 20.0. The van der Waals surface area contributed by atoms with Crippen LogP contribution in [0.2, 0.25) is 5.02 Å². The van der Waals surface area contributed by atoms with Crippen LogP contribution >= 0.6 is 11.6 Å². The number of benzene rings is 2. The first-order chi connectivity index (χ1) is 13.8. The summed E-state index contributed by atoms with van der Waals surface area (Å²) in [4.78, 5) is 13.7. The minimum atomic E-state index is -0.965. The third-order valence-electron chi connectivity index (χ3n) is 5.72. The van der Waals surface area contributed by atoms with Crippen molar-refractivity contribution in [3.05, 3.63) is 52.3 Å². The number of aliphatic hydroxyl groups is 1. The van der Waals surface area contributed by atoms with Gasteiger partial charge < -0.3 is 20.1 Å². The van der Waals surface area contributed by atoms with Crippen molar-refractivity contribution in [1.82, 2.24) is 0 Å². The van der Waals surface area contributed by atoms with Gasteiger partial charge >= 0.3 is 0 Å². The third-order valence-corrected chi connectivity index (χ3v) is 6.02. The molecule has 1 fully saturated rings. The van der Waals surface area contributed by atoms with Crippen LogP contribution in [0.5, 0.6) is 5.75 Å². The van der Waals surface area contributed by atoms with Crippen molar-refractivity contribution in [2.45, 2.75) is 38.2 Å². The summed E-state index contributed by atoms with van der Waals surface area (Å²) in [5.74, 6) is -0.157. The van der Waals surface area contributed by atoms with Crippen LogP contribution in [-0.4, -0.2) is 36.3 Å². The second kappa shape index (κ2) is 7.84. The van der Waals surface area contributed by atoms with Crippen molar-refractivity contribution in [1.29, 1.82) is 0 Å². The summed E-state index contributed by atoms with van der Waals surface area (Å²) in [7, 11) is 0. The van der Waals surface area contributed by atoms with E-state index in [1.54, 1.807) is 6.07 Å². The molecule has 4 rings (SSSR count). The first-order valence-corrected chi connectivity index (χ1v) is 10.2. The number of rotatable bonds is 4. The van der Waals surface area contributed by atoms with Crippen LogP contribution in [0.1, 0.15) is 30.4 Å². The SMILES string of the molecule is Cc1ccc(N2CCC(O)(COc3ccc(F)c4c3CCC(=O)N4)CC2)c(Cl)c1. The van der Waals surface area contributed by atoms with Crippen LogP contribution in [0.3, 0.4) is 0 Å². The molecule has 2 aliphatic heterocycles. The van der Waals surface area contributed by atoms with Gasteiger partial charge in [-0.3, -0.25) is 4.79 Å². The minimum absolute atomic E-state index is 0.120. The van der Waals surface area contributed by atoms with Gasteiger partial charge in [-0.15, -0.1) is 0 Å². The van der Waals surface area contributed by atoms with E-state index in [2.05, 4.69) is 10.2 Å². The fraction of sp³-hybridized carbons (Fsp3) is 0.409. The van der Waals surface area contributed by atoms with Gasteiger partial charge in [0.2, 0.25) is 5.91 Å². The van der Waals surface area contributed by atoms with Gasteiger partial charge in [-0.2, -0.15) is 0 Å². The fourth-order valence-corrected chi connectivity index (χ4v) is 4.30. The van der Waals surface area contributed by atoms with E-state index in [0.29, 0.717) is 55.1 Å². The van der Waals surface area contributed by atoms with Gasteiger partial charge in [0.05, 0.1) is 16.4 Å². The molecule has 0 saturated carbocycles. The van der Waals surface area contributed by atoms with Gasteiger partial charge in [0.15, 0.2) is 0 Å². The molecule has 1 saturated heterocycles. The molecule has 154 valence electrons. The van der Waals surface area contributed by atoms with Crippen LogP contribution in [0.4, 0.5) is 15.8 Å². The minimum Gasteiger partial charge on any atom is -0.490 e. The molecule has 7 heteroatoms. The van der Waals surface area contributed by atoms with E-state index in [4.69, 9.17) is 16.3 Å². The van der Waals surface area contributed by atoms with E-state index in [9.17, 15) is 14.3 Å². The van der Waals surface area contributed by atoms with Crippen molar-refractivity contribution >= 4 is 28.9 Å². The maximum Gasteiger partial charge on any atom is 0.224 e. The topological polar surface area (TPSA) is 61.8 Å². The number of aryl methyl sites for hydroxylation is 1. The predicted molar refractivity (Wildman–Crippen MR) is 111 cm³/mol. The molecule has 0 unspecified atom stereocenters. The number of carbonyl (C=O) groups is 1. The molecule has 0 aliphatic carbocycles. The standard InChI is InChI=1S/C22H24ClFN2O3/c1-14-2-5-18(16(23)12-14)26-10-8-22(28,9-11-26)13-29-19-6-4-17(24)21-15(19)3-7-20(27)25-21/h2,4-6,12,28H,3,7-11,13H2,1H3,(H,25,27). The van der Waals surface area contributed by atoms with E-state index in [0.717, 1.165) is 11.3 Å². The summed E-state index contributed by atoms with van der Waals surface area (Å²) in [6.07, 6.45) is 1.80. The molecule has 0 radical (unpaired) electrons. The van der Waals surface area contributed by atoms with E-state index >= 15 is 0 Å². The molecule has 2 aliphatic rings. The smallest absolute Gasteiger partial charge is 0.224 e. The number of amides is 1. The number of ether oxygens (including phenoxy) is 1. The molecule has 2 heterocycles. The van der Waals surface area contributed by atoms with Crippen LogP contribution in [0.25, 0.3) is 0 Å². The molecular weight excluding hydrogens is 395 g/mol. The number of hydrogen-bond donors (Lipinski definition) is 2. The summed E-state index contributed by atoms with van der Waals surface area (Å²) >= 11 is 6.38. The number of nitrogens with zero attached hydrogens (tertiary/aromatic N) is 1. The van der Waals surface area contributed by atoms with Gasteiger partial charge in [0.1, 0.15) is 23.8 Å². The Morgan fingerprint density at radius 3 is 2.72 bits per heavy atom. The maximum atomic E-state index is 14.0. The molecule has 1 amide bonds. The number of hydrogen-bond acceptors (Lipinski definition) is 4. The number of fused-ring (bicyclic) bond motifs is 1. The molecule has 0 spiro atoms. The van der Waals surface area contributed by atoms with Gasteiger partial charge in [-0.1, -0.05) is 17.7 Å². The molecule has 2 aromatic carbocycles. The molecule has 0 atom stereocenters. The van der Waals surface area contributed by atoms with Gasteiger partial charge in [0, 0.05) is 25.1 Å². The van der Waals surface area contributed by atoms with Crippen molar-refractivity contribution in [3.8, 4) is 5.75 Å². The third kappa shape index (κ3) is 4.19. The van der Waals surface area contributed by atoms with Crippen LogP contribution in [0, 0.1) is 12.7 Å². The van der Waals surface area contributed by atoms with Crippen molar-refractivity contribution in [3.63, 3.8) is 0 Å². The van der Waals surface area contributed by atoms with Gasteiger partial charge in [-0.25, -0.2) is 4.39 Å². The maximum absolute atomic E-state index is 14.0. The summed E-state index contributed by atoms with van der Waals surface area (Å²) in [6, 6.07) is 8.83. The van der Waals surface area contributed by atoms with Gasteiger partial charge in [0.25, 0.3) is 0 Å². The van der Waals surface area contributed by atoms with E-state index in [-0.39, 0.29) is 18.2 Å². The predicted octanol–water partition coefficient (Wildman–Crippen LogP) is 4.08. The second-order valence-corrected chi connectivity index (χ2v) is 8.31. The Morgan fingerprint density at radius 2 is 2.00 bits per heavy atom. The quantitative estimate of drug-likeness (QED) is 0.785. The Kier molecular flexibility index (Phi) is 5.40. The summed E-state index contributed by atoms with van der Waals surface area (Å²) in [6.45, 7) is 3.45. The molecule has 5 nitrogen and oxygen atoms in total. The van der Waals surface area contributed by atoms with Crippen molar-refractivity contribution in [2.24, 2.45) is 0 Å². The number of anilines is 2.